The zero-order valence-electron chi connectivity index (χ0n) is 3.99. The molecule has 0 heterocycles. The predicted octanol–water partition coefficient (Wildman–Crippen LogP) is -0.0627. The molecule has 8 heavy (non-hydrogen) atoms. The van der Waals surface area contributed by atoms with E-state index in [4.69, 9.17) is 0 Å². The molecule has 0 spiro atoms. The average molecular weight is 126 g/mol. The van der Waals surface area contributed by atoms with Crippen LogP contribution in [-0.4, -0.2) is 19.1 Å². The third kappa shape index (κ3) is 1.81. The second-order valence-corrected chi connectivity index (χ2v) is 1.03. The molecule has 0 saturated heterocycles. The van der Waals surface area contributed by atoms with Crippen molar-refractivity contribution in [1.82, 2.24) is 0 Å². The molecule has 0 amide bonds. The Kier molecular flexibility index (Phi) is 1.83. The van der Waals surface area contributed by atoms with Crippen molar-refractivity contribution in [2.75, 3.05) is 7.05 Å². The normalized spacial score (nSPS) is 14.2. The van der Waals surface area contributed by atoms with Crippen LogP contribution in [0.3, 0.4) is 0 Å². The van der Waals surface area contributed by atoms with E-state index in [1.807, 2.05) is 0 Å². The monoisotopic (exact) mass is 126 g/mol. The van der Waals surface area contributed by atoms with Crippen molar-refractivity contribution in [1.29, 1.82) is 0 Å². The molecule has 0 aromatic heterocycles. The van der Waals surface area contributed by atoms with Gasteiger partial charge in [-0.1, -0.05) is 0 Å². The minimum absolute atomic E-state index is 0.801. The van der Waals surface area contributed by atoms with Crippen LogP contribution in [-0.2, 0) is 0 Å². The van der Waals surface area contributed by atoms with Gasteiger partial charge in [0.15, 0.2) is 0 Å². The molecule has 0 unspecified atom stereocenters. The van der Waals surface area contributed by atoms with Crippen molar-refractivity contribution in [2.45, 2.75) is 6.18 Å². The Morgan fingerprint density at radius 2 is 1.88 bits per heavy atom. The number of hydrogen-bond donors (Lipinski definition) is 0. The first-order chi connectivity index (χ1) is 3.48. The zero-order chi connectivity index (χ0) is 6.78. The van der Waals surface area contributed by atoms with Gasteiger partial charge in [-0.25, -0.2) is 0 Å². The van der Waals surface area contributed by atoms with Crippen molar-refractivity contribution < 1.29 is 18.3 Å². The van der Waals surface area contributed by atoms with Gasteiger partial charge in [0.2, 0.25) is 0 Å². The number of halogens is 3. The number of rotatable bonds is 0. The molecule has 48 valence electrons. The Morgan fingerprint density at radius 3 is 1.88 bits per heavy atom. The van der Waals surface area contributed by atoms with E-state index in [0.717, 1.165) is 7.05 Å². The maximum atomic E-state index is 11.0. The molecule has 0 atom stereocenters. The van der Waals surface area contributed by atoms with E-state index in [2.05, 4.69) is 4.99 Å². The lowest BCUT2D eigenvalue weighted by Crippen LogP contribution is -2.34. The molecule has 0 aromatic carbocycles. The van der Waals surface area contributed by atoms with Gasteiger partial charge in [0.05, 0.1) is 5.90 Å². The van der Waals surface area contributed by atoms with Crippen LogP contribution >= 0.6 is 0 Å². The minimum Gasteiger partial charge on any atom is -0.856 e. The lowest BCUT2D eigenvalue weighted by Gasteiger charge is -2.11. The summed E-state index contributed by atoms with van der Waals surface area (Å²) in [5, 5.41) is 9.54. The fraction of sp³-hybridized carbons (Fsp3) is 0.667. The molecule has 0 radical (unpaired) electrons. The van der Waals surface area contributed by atoms with Crippen molar-refractivity contribution in [2.24, 2.45) is 4.99 Å². The molecular weight excluding hydrogens is 123 g/mol. The number of hydrogen-bond acceptors (Lipinski definition) is 2. The second kappa shape index (κ2) is 2.02. The van der Waals surface area contributed by atoms with Crippen LogP contribution in [0.4, 0.5) is 13.2 Å². The summed E-state index contributed by atoms with van der Waals surface area (Å²) in [4.78, 5) is 2.40. The van der Waals surface area contributed by atoms with Gasteiger partial charge in [0.25, 0.3) is 0 Å². The summed E-state index contributed by atoms with van der Waals surface area (Å²) in [5.74, 6) is -2.04. The Hall–Kier alpha value is -0.740. The molecule has 0 fully saturated rings. The van der Waals surface area contributed by atoms with E-state index in [0.29, 0.717) is 0 Å². The Balaban J connectivity index is 4.03. The summed E-state index contributed by atoms with van der Waals surface area (Å²) in [5.41, 5.74) is 0. The lowest BCUT2D eigenvalue weighted by molar-refractivity contribution is -0.262. The largest absolute Gasteiger partial charge is 0.856 e. The van der Waals surface area contributed by atoms with Gasteiger partial charge in [-0.3, -0.25) is 4.99 Å². The SMILES string of the molecule is CN=C([O-])C(F)(F)F. The van der Waals surface area contributed by atoms with Gasteiger partial charge in [-0.05, 0) is 0 Å². The molecule has 0 aliphatic heterocycles. The smallest absolute Gasteiger partial charge is 0.419 e. The molecule has 0 bridgehead atoms. The van der Waals surface area contributed by atoms with Gasteiger partial charge in [0.1, 0.15) is 0 Å². The molecule has 0 rings (SSSR count). The maximum absolute atomic E-state index is 11.0. The van der Waals surface area contributed by atoms with E-state index >= 15 is 0 Å². The molecular formula is C3H3F3NO-. The fourth-order valence-electron chi connectivity index (χ4n) is 0.127. The van der Waals surface area contributed by atoms with Gasteiger partial charge >= 0.3 is 6.18 Å². The van der Waals surface area contributed by atoms with Crippen LogP contribution in [0.5, 0.6) is 0 Å². The minimum atomic E-state index is -4.80. The number of alkyl halides is 3. The highest BCUT2D eigenvalue weighted by molar-refractivity contribution is 5.77. The summed E-state index contributed by atoms with van der Waals surface area (Å²) < 4.78 is 33.0. The summed E-state index contributed by atoms with van der Waals surface area (Å²) in [6, 6.07) is 0. The highest BCUT2D eigenvalue weighted by Gasteiger charge is 2.27. The maximum Gasteiger partial charge on any atom is 0.419 e. The Labute approximate surface area is 43.7 Å². The molecule has 2 nitrogen and oxygen atoms in total. The molecule has 0 aromatic rings. The van der Waals surface area contributed by atoms with E-state index < -0.39 is 12.1 Å². The van der Waals surface area contributed by atoms with E-state index in [1.54, 1.807) is 0 Å². The number of nitrogens with zero attached hydrogens (tertiary/aromatic N) is 1. The van der Waals surface area contributed by atoms with Gasteiger partial charge in [-0.2, -0.15) is 13.2 Å². The topological polar surface area (TPSA) is 35.4 Å². The predicted molar refractivity (Wildman–Crippen MR) is 19.4 cm³/mol. The van der Waals surface area contributed by atoms with Crippen molar-refractivity contribution >= 4 is 5.90 Å². The molecule has 0 saturated carbocycles. The standard InChI is InChI=1S/C3H4F3NO/c1-7-2(8)3(4,5)6/h1H3,(H,7,8)/p-1. The van der Waals surface area contributed by atoms with Crippen molar-refractivity contribution in [3.05, 3.63) is 0 Å². The zero-order valence-corrected chi connectivity index (χ0v) is 3.99. The fourth-order valence-corrected chi connectivity index (χ4v) is 0.127. The summed E-state index contributed by atoms with van der Waals surface area (Å²) in [6.07, 6.45) is -4.80. The number of aliphatic imine (C=N–C) groups is 1. The molecule has 0 aliphatic rings. The second-order valence-electron chi connectivity index (χ2n) is 1.03. The first-order valence-corrected chi connectivity index (χ1v) is 1.69. The third-order valence-corrected chi connectivity index (χ3v) is 0.446. The van der Waals surface area contributed by atoms with Crippen LogP contribution in [0.25, 0.3) is 0 Å². The van der Waals surface area contributed by atoms with Gasteiger partial charge < -0.3 is 5.11 Å². The quantitative estimate of drug-likeness (QED) is 0.330. The van der Waals surface area contributed by atoms with Gasteiger partial charge in [-0.15, -0.1) is 0 Å². The Bertz CT molecular complexity index is 106. The van der Waals surface area contributed by atoms with E-state index in [-0.39, 0.29) is 0 Å². The van der Waals surface area contributed by atoms with Crippen LogP contribution in [0.15, 0.2) is 4.99 Å². The summed E-state index contributed by atoms with van der Waals surface area (Å²) in [7, 11) is 0.801. The lowest BCUT2D eigenvalue weighted by atomic mass is 10.6. The molecule has 0 N–H and O–H groups in total. The van der Waals surface area contributed by atoms with Gasteiger partial charge in [0, 0.05) is 7.05 Å². The molecule has 5 heteroatoms. The first-order valence-electron chi connectivity index (χ1n) is 1.69. The Morgan fingerprint density at radius 1 is 1.50 bits per heavy atom. The van der Waals surface area contributed by atoms with E-state index in [9.17, 15) is 18.3 Å². The average Bonchev–Trinajstić information content (AvgIpc) is 1.62. The van der Waals surface area contributed by atoms with Crippen molar-refractivity contribution in [3.8, 4) is 0 Å². The highest BCUT2D eigenvalue weighted by atomic mass is 19.4. The first kappa shape index (κ1) is 7.26. The summed E-state index contributed by atoms with van der Waals surface area (Å²) in [6.45, 7) is 0. The van der Waals surface area contributed by atoms with Crippen LogP contribution in [0.1, 0.15) is 0 Å². The summed E-state index contributed by atoms with van der Waals surface area (Å²) >= 11 is 0. The van der Waals surface area contributed by atoms with Crippen LogP contribution < -0.4 is 5.11 Å². The highest BCUT2D eigenvalue weighted by Crippen LogP contribution is 2.13. The van der Waals surface area contributed by atoms with Crippen molar-refractivity contribution in [3.63, 3.8) is 0 Å². The van der Waals surface area contributed by atoms with E-state index in [1.165, 1.54) is 0 Å². The molecule has 0 aliphatic carbocycles. The van der Waals surface area contributed by atoms with Crippen LogP contribution in [0.2, 0.25) is 0 Å². The van der Waals surface area contributed by atoms with Crippen LogP contribution in [0, 0.1) is 0 Å². The third-order valence-electron chi connectivity index (χ3n) is 0.446.